The van der Waals surface area contributed by atoms with E-state index in [-0.39, 0.29) is 63.2 Å². The molecule has 5 N–H and O–H groups in total. The number of aliphatic hydroxyl groups is 1. The van der Waals surface area contributed by atoms with Gasteiger partial charge in [0.25, 0.3) is 0 Å². The molecule has 0 saturated carbocycles. The first-order chi connectivity index (χ1) is 22.9. The fourth-order valence-electron chi connectivity index (χ4n) is 4.61. The minimum Gasteiger partial charge on any atom is -0.465 e. The van der Waals surface area contributed by atoms with Gasteiger partial charge in [0, 0.05) is 25.9 Å². The third-order valence-corrected chi connectivity index (χ3v) is 7.89. The van der Waals surface area contributed by atoms with Gasteiger partial charge in [-0.2, -0.15) is 42.4 Å². The standard InChI is InChI=1S/C26H30N16O4S2/c1-11-19(31-33-23-17(26(45)46-5)13(9-47)37-39(23)3)21(27)41(35-11)15-7-16(30-10-29-15)42-22(28)20(12(2)36-42)32-34-24-18(14(44)8-43)25(48-6)38-40(24)4/h7,10,43,47H,8-9,27-28H2,1-6H3/b33-31+,34-32+. The summed E-state index contributed by atoms with van der Waals surface area (Å²) in [5.74, 6) is 0.0418. The van der Waals surface area contributed by atoms with Gasteiger partial charge in [0.15, 0.2) is 52.1 Å². The van der Waals surface area contributed by atoms with Gasteiger partial charge in [-0.3, -0.25) is 4.79 Å². The summed E-state index contributed by atoms with van der Waals surface area (Å²) in [5, 5.41) is 44.4. The molecule has 0 atom stereocenters. The van der Waals surface area contributed by atoms with E-state index in [1.54, 1.807) is 40.3 Å². The number of nitrogens with zero attached hydrogens (tertiary/aromatic N) is 14. The van der Waals surface area contributed by atoms with Crippen LogP contribution < -0.4 is 11.5 Å². The number of thiol groups is 1. The number of hydrogen-bond acceptors (Lipinski definition) is 18. The smallest absolute Gasteiger partial charge is 0.343 e. The minimum atomic E-state index is -0.709. The molecule has 5 aromatic heterocycles. The van der Waals surface area contributed by atoms with Crippen molar-refractivity contribution < 1.29 is 19.4 Å². The SMILES string of the molecule is COC(=O)c1c(CS)nn(C)c1/N=N/c1c(C)nn(-c2cc(-n3nc(C)c(/N=N/c4c(C(=O)CO)c(SC)nn4C)c3N)ncn2)c1N. The van der Waals surface area contributed by atoms with Gasteiger partial charge >= 0.3 is 5.97 Å². The molecule has 0 amide bonds. The average Bonchev–Trinajstić information content (AvgIpc) is 3.77. The molecule has 0 bridgehead atoms. The zero-order chi connectivity index (χ0) is 34.9. The molecule has 22 heteroatoms. The Bertz CT molecular complexity index is 1960. The lowest BCUT2D eigenvalue weighted by Crippen LogP contribution is -2.09. The number of ether oxygens (including phenoxy) is 1. The van der Waals surface area contributed by atoms with Gasteiger partial charge in [-0.1, -0.05) is 0 Å². The normalized spacial score (nSPS) is 11.8. The molecular formula is C26H30N16O4S2. The van der Waals surface area contributed by atoms with Gasteiger partial charge in [0.05, 0.1) is 24.2 Å². The lowest BCUT2D eigenvalue weighted by Gasteiger charge is -2.06. The highest BCUT2D eigenvalue weighted by Gasteiger charge is 2.25. The van der Waals surface area contributed by atoms with Gasteiger partial charge in [-0.25, -0.2) is 24.1 Å². The summed E-state index contributed by atoms with van der Waals surface area (Å²) in [5.41, 5.74) is 14.8. The molecular weight excluding hydrogens is 665 g/mol. The van der Waals surface area contributed by atoms with Crippen molar-refractivity contribution in [3.63, 3.8) is 0 Å². The predicted molar refractivity (Wildman–Crippen MR) is 177 cm³/mol. The maximum Gasteiger partial charge on any atom is 0.343 e. The molecule has 0 aromatic carbocycles. The fourth-order valence-corrected chi connectivity index (χ4v) is 5.45. The largest absolute Gasteiger partial charge is 0.465 e. The van der Waals surface area contributed by atoms with Crippen LogP contribution in [-0.2, 0) is 24.6 Å². The van der Waals surface area contributed by atoms with E-state index >= 15 is 0 Å². The van der Waals surface area contributed by atoms with Crippen molar-refractivity contribution in [3.8, 4) is 11.6 Å². The summed E-state index contributed by atoms with van der Waals surface area (Å²) >= 11 is 5.48. The van der Waals surface area contributed by atoms with Crippen molar-refractivity contribution >= 4 is 70.8 Å². The Morgan fingerprint density at radius 3 is 1.90 bits per heavy atom. The van der Waals surface area contributed by atoms with Gasteiger partial charge in [-0.15, -0.1) is 32.2 Å². The molecule has 0 fully saturated rings. The molecule has 0 spiro atoms. The highest BCUT2D eigenvalue weighted by molar-refractivity contribution is 7.98. The molecule has 250 valence electrons. The van der Waals surface area contributed by atoms with Crippen LogP contribution in [0.4, 0.5) is 34.6 Å². The van der Waals surface area contributed by atoms with E-state index in [0.29, 0.717) is 22.1 Å². The van der Waals surface area contributed by atoms with Crippen molar-refractivity contribution in [1.82, 2.24) is 49.1 Å². The molecule has 20 nitrogen and oxygen atoms in total. The second-order valence-electron chi connectivity index (χ2n) is 9.93. The number of esters is 1. The number of methoxy groups -OCH3 is 1. The summed E-state index contributed by atoms with van der Waals surface area (Å²) in [6, 6.07) is 1.55. The maximum absolute atomic E-state index is 12.4. The summed E-state index contributed by atoms with van der Waals surface area (Å²) in [7, 11) is 4.48. The lowest BCUT2D eigenvalue weighted by atomic mass is 10.2. The number of aliphatic hydroxyl groups excluding tert-OH is 1. The molecule has 5 rings (SSSR count). The number of carbonyl (C=O) groups excluding carboxylic acids is 2. The van der Waals surface area contributed by atoms with Crippen LogP contribution in [0.15, 0.2) is 37.9 Å². The van der Waals surface area contributed by atoms with Crippen molar-refractivity contribution in [3.05, 3.63) is 40.6 Å². The fraction of sp³-hybridized carbons (Fsp3) is 0.308. The number of nitrogen functional groups attached to an aromatic ring is 2. The van der Waals surface area contributed by atoms with E-state index in [1.807, 2.05) is 0 Å². The van der Waals surface area contributed by atoms with Crippen molar-refractivity contribution in [1.29, 1.82) is 0 Å². The number of ketones is 1. The predicted octanol–water partition coefficient (Wildman–Crippen LogP) is 3.04. The summed E-state index contributed by atoms with van der Waals surface area (Å²) in [6.07, 6.45) is 3.04. The number of aromatic nitrogens is 10. The third-order valence-electron chi connectivity index (χ3n) is 6.92. The number of rotatable bonds is 11. The van der Waals surface area contributed by atoms with Crippen molar-refractivity contribution in [2.75, 3.05) is 31.4 Å². The van der Waals surface area contributed by atoms with Gasteiger partial charge in [-0.05, 0) is 20.1 Å². The molecule has 0 aliphatic rings. The van der Waals surface area contributed by atoms with Crippen molar-refractivity contribution in [2.24, 2.45) is 34.6 Å². The van der Waals surface area contributed by atoms with Crippen LogP contribution in [0.3, 0.4) is 0 Å². The van der Waals surface area contributed by atoms with Crippen LogP contribution in [0.2, 0.25) is 0 Å². The molecule has 5 aromatic rings. The summed E-state index contributed by atoms with van der Waals surface area (Å²) in [4.78, 5) is 33.4. The van der Waals surface area contributed by atoms with E-state index in [9.17, 15) is 14.7 Å². The number of thioether (sulfide) groups is 1. The zero-order valence-electron chi connectivity index (χ0n) is 26.5. The van der Waals surface area contributed by atoms with E-state index in [2.05, 4.69) is 63.4 Å². The highest BCUT2D eigenvalue weighted by atomic mass is 32.2. The molecule has 5 heterocycles. The molecule has 0 aliphatic carbocycles. The number of hydrogen-bond donors (Lipinski definition) is 4. The Morgan fingerprint density at radius 1 is 0.896 bits per heavy atom. The third kappa shape index (κ3) is 6.02. The average molecular weight is 695 g/mol. The molecule has 0 unspecified atom stereocenters. The number of azo groups is 2. The Labute approximate surface area is 281 Å². The second kappa shape index (κ2) is 13.7. The molecule has 0 radical (unpaired) electrons. The topological polar surface area (TPSA) is 262 Å². The van der Waals surface area contributed by atoms with Crippen LogP contribution in [0.5, 0.6) is 0 Å². The lowest BCUT2D eigenvalue weighted by molar-refractivity contribution is 0.0600. The first-order valence-corrected chi connectivity index (χ1v) is 15.7. The number of aryl methyl sites for hydroxylation is 4. The van der Waals surface area contributed by atoms with Crippen LogP contribution >= 0.6 is 24.4 Å². The first kappa shape index (κ1) is 33.9. The highest BCUT2D eigenvalue weighted by Crippen LogP contribution is 2.35. The molecule has 0 saturated heterocycles. The number of nitrogens with two attached hydrogens (primary N) is 2. The Hall–Kier alpha value is -5.48. The van der Waals surface area contributed by atoms with Gasteiger partial charge in [0.2, 0.25) is 0 Å². The Balaban J connectivity index is 1.49. The Morgan fingerprint density at radius 2 is 1.42 bits per heavy atom. The zero-order valence-corrected chi connectivity index (χ0v) is 28.2. The number of carbonyl (C=O) groups is 2. The van der Waals surface area contributed by atoms with Crippen LogP contribution in [0.25, 0.3) is 11.6 Å². The van der Waals surface area contributed by atoms with Crippen molar-refractivity contribution in [2.45, 2.75) is 24.6 Å². The molecule has 0 aliphatic heterocycles. The number of anilines is 2. The van der Waals surface area contributed by atoms with Crippen LogP contribution in [-0.4, -0.2) is 85.9 Å². The Kier molecular flexibility index (Phi) is 9.67. The molecule has 48 heavy (non-hydrogen) atoms. The quantitative estimate of drug-likeness (QED) is 0.0510. The first-order valence-electron chi connectivity index (χ1n) is 13.8. The second-order valence-corrected chi connectivity index (χ2v) is 11.0. The maximum atomic E-state index is 12.4. The van der Waals surface area contributed by atoms with Gasteiger partial charge < -0.3 is 21.3 Å². The minimum absolute atomic E-state index is 0.0977. The summed E-state index contributed by atoms with van der Waals surface area (Å²) < 4.78 is 10.4. The van der Waals surface area contributed by atoms with E-state index in [0.717, 1.165) is 0 Å². The summed E-state index contributed by atoms with van der Waals surface area (Å²) in [6.45, 7) is 2.65. The van der Waals surface area contributed by atoms with Gasteiger partial charge in [0.1, 0.15) is 29.1 Å². The van der Waals surface area contributed by atoms with Crippen LogP contribution in [0, 0.1) is 13.8 Å². The van der Waals surface area contributed by atoms with Crippen LogP contribution in [0.1, 0.15) is 37.8 Å². The van der Waals surface area contributed by atoms with E-state index in [4.69, 9.17) is 16.2 Å². The monoisotopic (exact) mass is 694 g/mol. The number of Topliss-reactive ketones (excluding diaryl/α,β-unsaturated/α-hetero) is 1. The van der Waals surface area contributed by atoms with E-state index in [1.165, 1.54) is 43.9 Å². The van der Waals surface area contributed by atoms with E-state index < -0.39 is 18.4 Å².